The summed E-state index contributed by atoms with van der Waals surface area (Å²) in [6.07, 6.45) is 2.35. The minimum Gasteiger partial charge on any atom is -0.496 e. The molecule has 0 aliphatic rings. The summed E-state index contributed by atoms with van der Waals surface area (Å²) in [6.45, 7) is 3.93. The van der Waals surface area contributed by atoms with Crippen LogP contribution in [0.15, 0.2) is 30.6 Å². The largest absolute Gasteiger partial charge is 0.496 e. The summed E-state index contributed by atoms with van der Waals surface area (Å²) < 4.78 is 5.33. The van der Waals surface area contributed by atoms with Crippen LogP contribution >= 0.6 is 0 Å². The molecule has 2 aromatic rings. The van der Waals surface area contributed by atoms with Gasteiger partial charge in [0.15, 0.2) is 5.82 Å². The number of benzene rings is 1. The molecule has 4 heteroatoms. The van der Waals surface area contributed by atoms with Gasteiger partial charge in [-0.15, -0.1) is 0 Å². The molecule has 0 amide bonds. The van der Waals surface area contributed by atoms with Crippen molar-refractivity contribution < 1.29 is 9.84 Å². The lowest BCUT2D eigenvalue weighted by Gasteiger charge is -2.17. The highest BCUT2D eigenvalue weighted by Crippen LogP contribution is 2.32. The molecule has 1 N–H and O–H groups in total. The van der Waals surface area contributed by atoms with Crippen molar-refractivity contribution in [2.45, 2.75) is 20.0 Å². The number of methoxy groups -OCH3 is 1. The Bertz CT molecular complexity index is 541. The third-order valence-corrected chi connectivity index (χ3v) is 2.82. The first kappa shape index (κ1) is 12.5. The molecule has 0 saturated heterocycles. The monoisotopic (exact) mass is 244 g/mol. The fourth-order valence-electron chi connectivity index (χ4n) is 2.04. The number of rotatable bonds is 3. The molecule has 94 valence electrons. The minimum atomic E-state index is -0.873. The molecule has 0 saturated carbocycles. The van der Waals surface area contributed by atoms with Gasteiger partial charge in [-0.05, 0) is 37.1 Å². The summed E-state index contributed by atoms with van der Waals surface area (Å²) in [4.78, 5) is 8.15. The average Bonchev–Trinajstić information content (AvgIpc) is 2.38. The zero-order valence-electron chi connectivity index (χ0n) is 10.7. The molecule has 0 bridgehead atoms. The van der Waals surface area contributed by atoms with Crippen molar-refractivity contribution in [3.05, 3.63) is 53.1 Å². The molecular formula is C14H16N2O2. The van der Waals surface area contributed by atoms with Crippen molar-refractivity contribution in [3.63, 3.8) is 0 Å². The molecule has 1 aromatic heterocycles. The van der Waals surface area contributed by atoms with Crippen LogP contribution in [0.25, 0.3) is 0 Å². The summed E-state index contributed by atoms with van der Waals surface area (Å²) in [6, 6.07) is 5.62. The maximum atomic E-state index is 10.4. The van der Waals surface area contributed by atoms with Gasteiger partial charge in [0, 0.05) is 18.0 Å². The Hall–Kier alpha value is -1.94. The van der Waals surface area contributed by atoms with Crippen LogP contribution in [0.2, 0.25) is 0 Å². The normalized spacial score (nSPS) is 12.2. The van der Waals surface area contributed by atoms with Gasteiger partial charge in [-0.2, -0.15) is 0 Å². The Morgan fingerprint density at radius 1 is 1.17 bits per heavy atom. The molecule has 0 aliphatic heterocycles. The van der Waals surface area contributed by atoms with Crippen LogP contribution < -0.4 is 4.74 Å². The molecule has 0 spiro atoms. The molecule has 2 rings (SSSR count). The fourth-order valence-corrected chi connectivity index (χ4v) is 2.04. The van der Waals surface area contributed by atoms with Crippen LogP contribution in [0.4, 0.5) is 0 Å². The van der Waals surface area contributed by atoms with Crippen molar-refractivity contribution >= 4 is 0 Å². The van der Waals surface area contributed by atoms with Gasteiger partial charge in [0.1, 0.15) is 11.9 Å². The molecule has 4 nitrogen and oxygen atoms in total. The molecule has 0 aliphatic carbocycles. The highest BCUT2D eigenvalue weighted by molar-refractivity contribution is 5.46. The van der Waals surface area contributed by atoms with Crippen molar-refractivity contribution in [1.29, 1.82) is 0 Å². The number of ether oxygens (including phenoxy) is 1. The third kappa shape index (κ3) is 2.33. The van der Waals surface area contributed by atoms with Crippen LogP contribution in [0, 0.1) is 13.8 Å². The number of hydrogen-bond acceptors (Lipinski definition) is 4. The first-order valence-corrected chi connectivity index (χ1v) is 5.73. The smallest absolute Gasteiger partial charge is 0.161 e. The lowest BCUT2D eigenvalue weighted by atomic mass is 9.99. The van der Waals surface area contributed by atoms with E-state index in [0.29, 0.717) is 17.1 Å². The lowest BCUT2D eigenvalue weighted by Crippen LogP contribution is -2.08. The van der Waals surface area contributed by atoms with Crippen LogP contribution in [0.3, 0.4) is 0 Å². The van der Waals surface area contributed by atoms with E-state index in [1.807, 2.05) is 26.0 Å². The summed E-state index contributed by atoms with van der Waals surface area (Å²) in [5.74, 6) is 1.04. The van der Waals surface area contributed by atoms with Crippen molar-refractivity contribution in [2.24, 2.45) is 0 Å². The number of aliphatic hydroxyl groups is 1. The number of hydrogen-bond donors (Lipinski definition) is 1. The summed E-state index contributed by atoms with van der Waals surface area (Å²) in [7, 11) is 1.59. The van der Waals surface area contributed by atoms with Crippen LogP contribution in [0.1, 0.15) is 28.6 Å². The standard InChI is InChI=1S/C14H16N2O2/c1-9-7-10(2)12(11(8-9)18-3)13(17)14-15-5-4-6-16-14/h4-8,13,17H,1-3H3. The first-order valence-electron chi connectivity index (χ1n) is 5.73. The maximum Gasteiger partial charge on any atom is 0.161 e. The molecule has 0 radical (unpaired) electrons. The second-order valence-electron chi connectivity index (χ2n) is 4.21. The molecule has 18 heavy (non-hydrogen) atoms. The second-order valence-corrected chi connectivity index (χ2v) is 4.21. The average molecular weight is 244 g/mol. The van der Waals surface area contributed by atoms with Gasteiger partial charge < -0.3 is 9.84 Å². The van der Waals surface area contributed by atoms with E-state index in [2.05, 4.69) is 9.97 Å². The van der Waals surface area contributed by atoms with E-state index in [1.165, 1.54) is 0 Å². The van der Waals surface area contributed by atoms with Crippen molar-refractivity contribution in [1.82, 2.24) is 9.97 Å². The number of aliphatic hydroxyl groups excluding tert-OH is 1. The van der Waals surface area contributed by atoms with Gasteiger partial charge in [-0.3, -0.25) is 0 Å². The topological polar surface area (TPSA) is 55.2 Å². The molecule has 1 unspecified atom stereocenters. The van der Waals surface area contributed by atoms with Gasteiger partial charge in [0.25, 0.3) is 0 Å². The van der Waals surface area contributed by atoms with E-state index >= 15 is 0 Å². The molecular weight excluding hydrogens is 228 g/mol. The van der Waals surface area contributed by atoms with E-state index in [4.69, 9.17) is 4.74 Å². The Balaban J connectivity index is 2.51. The fraction of sp³-hybridized carbons (Fsp3) is 0.286. The Morgan fingerprint density at radius 2 is 1.83 bits per heavy atom. The Morgan fingerprint density at radius 3 is 2.44 bits per heavy atom. The van der Waals surface area contributed by atoms with E-state index in [1.54, 1.807) is 25.6 Å². The number of aryl methyl sites for hydroxylation is 2. The molecule has 0 fully saturated rings. The Kier molecular flexibility index (Phi) is 3.58. The summed E-state index contributed by atoms with van der Waals surface area (Å²) in [5.41, 5.74) is 2.77. The zero-order chi connectivity index (χ0) is 13.1. The minimum absolute atomic E-state index is 0.378. The summed E-state index contributed by atoms with van der Waals surface area (Å²) in [5, 5.41) is 10.4. The molecule has 1 aromatic carbocycles. The molecule has 1 heterocycles. The third-order valence-electron chi connectivity index (χ3n) is 2.82. The zero-order valence-corrected chi connectivity index (χ0v) is 10.7. The number of aromatic nitrogens is 2. The van der Waals surface area contributed by atoms with Crippen LogP contribution in [-0.4, -0.2) is 22.2 Å². The van der Waals surface area contributed by atoms with Crippen LogP contribution in [0.5, 0.6) is 5.75 Å². The molecule has 1 atom stereocenters. The van der Waals surface area contributed by atoms with E-state index in [-0.39, 0.29) is 0 Å². The van der Waals surface area contributed by atoms with E-state index in [9.17, 15) is 5.11 Å². The lowest BCUT2D eigenvalue weighted by molar-refractivity contribution is 0.203. The van der Waals surface area contributed by atoms with Crippen molar-refractivity contribution in [2.75, 3.05) is 7.11 Å². The number of nitrogens with zero attached hydrogens (tertiary/aromatic N) is 2. The maximum absolute atomic E-state index is 10.4. The highest BCUT2D eigenvalue weighted by Gasteiger charge is 2.20. The van der Waals surface area contributed by atoms with E-state index < -0.39 is 6.10 Å². The SMILES string of the molecule is COc1cc(C)cc(C)c1C(O)c1ncccn1. The predicted octanol–water partition coefficient (Wildman–Crippen LogP) is 2.18. The predicted molar refractivity (Wildman–Crippen MR) is 68.6 cm³/mol. The van der Waals surface area contributed by atoms with Gasteiger partial charge in [-0.25, -0.2) is 9.97 Å². The quantitative estimate of drug-likeness (QED) is 0.899. The van der Waals surface area contributed by atoms with E-state index in [0.717, 1.165) is 11.1 Å². The Labute approximate surface area is 106 Å². The van der Waals surface area contributed by atoms with Gasteiger partial charge in [0.2, 0.25) is 0 Å². The van der Waals surface area contributed by atoms with Crippen LogP contribution in [-0.2, 0) is 0 Å². The first-order chi connectivity index (χ1) is 8.63. The van der Waals surface area contributed by atoms with Gasteiger partial charge in [0.05, 0.1) is 7.11 Å². The highest BCUT2D eigenvalue weighted by atomic mass is 16.5. The summed E-state index contributed by atoms with van der Waals surface area (Å²) >= 11 is 0. The van der Waals surface area contributed by atoms with Gasteiger partial charge >= 0.3 is 0 Å². The second kappa shape index (κ2) is 5.14. The van der Waals surface area contributed by atoms with Crippen molar-refractivity contribution in [3.8, 4) is 5.75 Å². The van der Waals surface area contributed by atoms with Gasteiger partial charge in [-0.1, -0.05) is 6.07 Å².